The Morgan fingerprint density at radius 1 is 0.950 bits per heavy atom. The maximum Gasteiger partial charge on any atom is 0.408 e. The molecule has 0 bridgehead atoms. The van der Waals surface area contributed by atoms with Gasteiger partial charge in [-0.2, -0.15) is 0 Å². The van der Waals surface area contributed by atoms with Crippen LogP contribution >= 0.6 is 0 Å². The molecule has 4 N–H and O–H groups in total. The van der Waals surface area contributed by atoms with Gasteiger partial charge < -0.3 is 30.2 Å². The molecule has 12 nitrogen and oxygen atoms in total. The van der Waals surface area contributed by atoms with Crippen LogP contribution in [-0.2, 0) is 25.7 Å². The molecule has 0 aliphatic heterocycles. The van der Waals surface area contributed by atoms with E-state index in [1.54, 1.807) is 62.4 Å². The molecule has 1 heterocycles. The Morgan fingerprint density at radius 2 is 1.60 bits per heavy atom. The van der Waals surface area contributed by atoms with Crippen LogP contribution in [0.2, 0.25) is 0 Å². The van der Waals surface area contributed by atoms with Crippen molar-refractivity contribution in [1.29, 1.82) is 0 Å². The van der Waals surface area contributed by atoms with E-state index in [-0.39, 0.29) is 18.4 Å². The number of aromatic nitrogens is 1. The van der Waals surface area contributed by atoms with E-state index < -0.39 is 54.7 Å². The SMILES string of the molecule is CC(C)C(NC(=O)OCc1ccccc1)C(=O)NCC(=O)NC(CC(=O)O)C(=O)c1nc(-c2ccccc2)co1. The van der Waals surface area contributed by atoms with Crippen LogP contribution < -0.4 is 16.0 Å². The second-order valence-corrected chi connectivity index (χ2v) is 9.13. The molecule has 2 atom stereocenters. The highest BCUT2D eigenvalue weighted by molar-refractivity contribution is 6.01. The fourth-order valence-corrected chi connectivity index (χ4v) is 3.61. The molecular formula is C28H30N4O8. The van der Waals surface area contributed by atoms with E-state index in [2.05, 4.69) is 20.9 Å². The second kappa shape index (κ2) is 14.2. The fraction of sp³-hybridized carbons (Fsp3) is 0.286. The van der Waals surface area contributed by atoms with E-state index in [4.69, 9.17) is 9.15 Å². The Kier molecular flexibility index (Phi) is 10.5. The summed E-state index contributed by atoms with van der Waals surface area (Å²) in [5.74, 6) is -4.38. The number of carbonyl (C=O) groups excluding carboxylic acids is 4. The van der Waals surface area contributed by atoms with Crippen LogP contribution in [-0.4, -0.2) is 58.4 Å². The van der Waals surface area contributed by atoms with Gasteiger partial charge in [-0.15, -0.1) is 0 Å². The maximum absolute atomic E-state index is 12.9. The van der Waals surface area contributed by atoms with Crippen molar-refractivity contribution in [2.75, 3.05) is 6.54 Å². The van der Waals surface area contributed by atoms with E-state index in [9.17, 15) is 29.1 Å². The molecule has 2 aromatic carbocycles. The third kappa shape index (κ3) is 8.79. The summed E-state index contributed by atoms with van der Waals surface area (Å²) in [6.45, 7) is 2.83. The minimum Gasteiger partial charge on any atom is -0.481 e. The average Bonchev–Trinajstić information content (AvgIpc) is 3.44. The van der Waals surface area contributed by atoms with Crippen molar-refractivity contribution in [3.63, 3.8) is 0 Å². The normalized spacial score (nSPS) is 12.2. The Hall–Kier alpha value is -5.00. The summed E-state index contributed by atoms with van der Waals surface area (Å²) in [4.78, 5) is 65.8. The van der Waals surface area contributed by atoms with Crippen molar-refractivity contribution in [3.05, 3.63) is 78.4 Å². The van der Waals surface area contributed by atoms with Gasteiger partial charge in [-0.1, -0.05) is 74.5 Å². The molecule has 2 unspecified atom stereocenters. The molecule has 40 heavy (non-hydrogen) atoms. The molecule has 1 aromatic heterocycles. The lowest BCUT2D eigenvalue weighted by molar-refractivity contribution is -0.137. The molecule has 0 saturated heterocycles. The first-order chi connectivity index (χ1) is 19.1. The molecule has 0 saturated carbocycles. The van der Waals surface area contributed by atoms with Crippen molar-refractivity contribution in [2.24, 2.45) is 5.92 Å². The second-order valence-electron chi connectivity index (χ2n) is 9.13. The first-order valence-corrected chi connectivity index (χ1v) is 12.4. The van der Waals surface area contributed by atoms with Crippen LogP contribution in [0.1, 0.15) is 36.5 Å². The largest absolute Gasteiger partial charge is 0.481 e. The predicted molar refractivity (Wildman–Crippen MR) is 142 cm³/mol. The number of carboxylic acids is 1. The number of carbonyl (C=O) groups is 5. The molecule has 3 rings (SSSR count). The number of carboxylic acid groups (broad SMARTS) is 1. The van der Waals surface area contributed by atoms with Gasteiger partial charge in [-0.05, 0) is 11.5 Å². The number of benzene rings is 2. The van der Waals surface area contributed by atoms with Gasteiger partial charge >= 0.3 is 12.1 Å². The predicted octanol–water partition coefficient (Wildman–Crippen LogP) is 2.55. The number of Topliss-reactive ketones (excluding diaryl/α,β-unsaturated/α-hetero) is 1. The number of ether oxygens (including phenoxy) is 1. The van der Waals surface area contributed by atoms with Gasteiger partial charge in [0, 0.05) is 5.56 Å². The number of rotatable bonds is 13. The zero-order chi connectivity index (χ0) is 29.1. The molecular weight excluding hydrogens is 520 g/mol. The molecule has 210 valence electrons. The highest BCUT2D eigenvalue weighted by Gasteiger charge is 2.30. The van der Waals surface area contributed by atoms with E-state index in [1.165, 1.54) is 6.26 Å². The van der Waals surface area contributed by atoms with Crippen molar-refractivity contribution in [1.82, 2.24) is 20.9 Å². The maximum atomic E-state index is 12.9. The summed E-state index contributed by atoms with van der Waals surface area (Å²) in [6, 6.07) is 15.4. The first kappa shape index (κ1) is 29.6. The summed E-state index contributed by atoms with van der Waals surface area (Å²) in [7, 11) is 0. The van der Waals surface area contributed by atoms with Crippen molar-refractivity contribution < 1.29 is 38.2 Å². The van der Waals surface area contributed by atoms with E-state index in [0.717, 1.165) is 5.56 Å². The number of nitrogens with zero attached hydrogens (tertiary/aromatic N) is 1. The summed E-state index contributed by atoms with van der Waals surface area (Å²) >= 11 is 0. The van der Waals surface area contributed by atoms with Crippen LogP contribution in [0.4, 0.5) is 4.79 Å². The quantitative estimate of drug-likeness (QED) is 0.233. The van der Waals surface area contributed by atoms with Crippen molar-refractivity contribution in [2.45, 2.75) is 39.0 Å². The van der Waals surface area contributed by atoms with Gasteiger partial charge in [-0.25, -0.2) is 9.78 Å². The molecule has 12 heteroatoms. The third-order valence-corrected chi connectivity index (χ3v) is 5.67. The van der Waals surface area contributed by atoms with Crippen LogP contribution in [0.3, 0.4) is 0 Å². The summed E-state index contributed by atoms with van der Waals surface area (Å²) in [5, 5.41) is 16.4. The van der Waals surface area contributed by atoms with Gasteiger partial charge in [0.15, 0.2) is 0 Å². The summed E-state index contributed by atoms with van der Waals surface area (Å²) in [5.41, 5.74) is 1.82. The number of oxazole rings is 1. The first-order valence-electron chi connectivity index (χ1n) is 12.4. The van der Waals surface area contributed by atoms with Crippen LogP contribution in [0, 0.1) is 5.92 Å². The monoisotopic (exact) mass is 550 g/mol. The number of hydrogen-bond donors (Lipinski definition) is 4. The number of ketones is 1. The lowest BCUT2D eigenvalue weighted by atomic mass is 10.0. The van der Waals surface area contributed by atoms with E-state index in [0.29, 0.717) is 11.3 Å². The van der Waals surface area contributed by atoms with Crippen molar-refractivity contribution >= 4 is 29.7 Å². The van der Waals surface area contributed by atoms with Gasteiger partial charge in [0.25, 0.3) is 5.89 Å². The highest BCUT2D eigenvalue weighted by Crippen LogP contribution is 2.19. The Bertz CT molecular complexity index is 1320. The Morgan fingerprint density at radius 3 is 2.23 bits per heavy atom. The van der Waals surface area contributed by atoms with E-state index in [1.807, 2.05) is 12.1 Å². The Labute approximate surface area is 230 Å². The topological polar surface area (TPSA) is 177 Å². The van der Waals surface area contributed by atoms with E-state index >= 15 is 0 Å². The van der Waals surface area contributed by atoms with Crippen molar-refractivity contribution in [3.8, 4) is 11.3 Å². The zero-order valence-electron chi connectivity index (χ0n) is 22.0. The lowest BCUT2D eigenvalue weighted by Gasteiger charge is -2.21. The van der Waals surface area contributed by atoms with Gasteiger partial charge in [0.2, 0.25) is 17.6 Å². The molecule has 0 aliphatic rings. The molecule has 0 spiro atoms. The minimum atomic E-state index is -1.49. The molecule has 3 amide bonds. The van der Waals surface area contributed by atoms with Gasteiger partial charge in [0.1, 0.15) is 30.6 Å². The third-order valence-electron chi connectivity index (χ3n) is 5.67. The Balaban J connectivity index is 1.56. The van der Waals surface area contributed by atoms with Crippen LogP contribution in [0.25, 0.3) is 11.3 Å². The standard InChI is InChI=1S/C28H30N4O8/c1-17(2)24(32-28(38)40-15-18-9-5-3-6-10-18)26(37)29-14-22(33)30-20(13-23(34)35)25(36)27-31-21(16-39-27)19-11-7-4-8-12-19/h3-12,16-17,20,24H,13-15H2,1-2H3,(H,29,37)(H,30,33)(H,32,38)(H,34,35). The van der Waals surface area contributed by atoms with Crippen LogP contribution in [0.15, 0.2) is 71.3 Å². The number of aliphatic carboxylic acids is 1. The average molecular weight is 551 g/mol. The highest BCUT2D eigenvalue weighted by atomic mass is 16.5. The number of amides is 3. The lowest BCUT2D eigenvalue weighted by Crippen LogP contribution is -2.52. The number of alkyl carbamates (subject to hydrolysis) is 1. The summed E-state index contributed by atoms with van der Waals surface area (Å²) < 4.78 is 10.4. The number of hydrogen-bond acceptors (Lipinski definition) is 8. The van der Waals surface area contributed by atoms with Gasteiger partial charge in [-0.3, -0.25) is 19.2 Å². The molecule has 0 radical (unpaired) electrons. The zero-order valence-corrected chi connectivity index (χ0v) is 22.0. The molecule has 0 aliphatic carbocycles. The molecule has 0 fully saturated rings. The van der Waals surface area contributed by atoms with Gasteiger partial charge in [0.05, 0.1) is 13.0 Å². The minimum absolute atomic E-state index is 0.0118. The summed E-state index contributed by atoms with van der Waals surface area (Å²) in [6.07, 6.45) is -0.285. The fourth-order valence-electron chi connectivity index (χ4n) is 3.61. The molecule has 3 aromatic rings. The number of nitrogens with one attached hydrogen (secondary N) is 3. The smallest absolute Gasteiger partial charge is 0.408 e. The van der Waals surface area contributed by atoms with Crippen LogP contribution in [0.5, 0.6) is 0 Å².